The van der Waals surface area contributed by atoms with Crippen LogP contribution >= 0.6 is 15.9 Å². The van der Waals surface area contributed by atoms with Crippen LogP contribution in [0.3, 0.4) is 0 Å². The van der Waals surface area contributed by atoms with E-state index in [-0.39, 0.29) is 0 Å². The molecule has 0 aliphatic heterocycles. The summed E-state index contributed by atoms with van der Waals surface area (Å²) in [6, 6.07) is 22.7. The molecule has 0 saturated heterocycles. The summed E-state index contributed by atoms with van der Waals surface area (Å²) in [6.07, 6.45) is 0. The van der Waals surface area contributed by atoms with Gasteiger partial charge in [0.25, 0.3) is 0 Å². The first-order chi connectivity index (χ1) is 14.2. The molecule has 2 aromatic heterocycles. The first-order valence-electron chi connectivity index (χ1n) is 9.04. The van der Waals surface area contributed by atoms with Crippen molar-refractivity contribution in [2.24, 2.45) is 0 Å². The molecule has 0 N–H and O–H groups in total. The van der Waals surface area contributed by atoms with Gasteiger partial charge in [-0.3, -0.25) is 0 Å². The van der Waals surface area contributed by atoms with Gasteiger partial charge in [-0.2, -0.15) is 0 Å². The Morgan fingerprint density at radius 3 is 2.21 bits per heavy atom. The van der Waals surface area contributed by atoms with Gasteiger partial charge in [-0.15, -0.1) is 0 Å². The molecule has 5 heteroatoms. The van der Waals surface area contributed by atoms with Gasteiger partial charge in [0.2, 0.25) is 0 Å². The molecule has 29 heavy (non-hydrogen) atoms. The largest absolute Gasteiger partial charge is 0.497 e. The lowest BCUT2D eigenvalue weighted by molar-refractivity contribution is 0.415. The molecule has 0 aliphatic rings. The molecule has 0 bridgehead atoms. The summed E-state index contributed by atoms with van der Waals surface area (Å²) in [6.45, 7) is 0. The van der Waals surface area contributed by atoms with E-state index < -0.39 is 5.63 Å². The van der Waals surface area contributed by atoms with E-state index in [4.69, 9.17) is 13.6 Å². The summed E-state index contributed by atoms with van der Waals surface area (Å²) < 4.78 is 18.1. The lowest BCUT2D eigenvalue weighted by Crippen LogP contribution is -1.99. The molecule has 4 nitrogen and oxygen atoms in total. The average molecular weight is 447 g/mol. The molecule has 0 saturated carbocycles. The third kappa shape index (κ3) is 2.95. The molecule has 3 aromatic carbocycles. The van der Waals surface area contributed by atoms with Gasteiger partial charge in [-0.25, -0.2) is 4.79 Å². The topological polar surface area (TPSA) is 52.6 Å². The van der Waals surface area contributed by atoms with E-state index in [9.17, 15) is 4.79 Å². The molecule has 2 heterocycles. The first kappa shape index (κ1) is 17.8. The second-order valence-electron chi connectivity index (χ2n) is 6.63. The van der Waals surface area contributed by atoms with Crippen molar-refractivity contribution in [2.45, 2.75) is 0 Å². The molecule has 0 radical (unpaired) electrons. The summed E-state index contributed by atoms with van der Waals surface area (Å²) in [4.78, 5) is 13.0. The summed E-state index contributed by atoms with van der Waals surface area (Å²) in [7, 11) is 1.63. The first-order valence-corrected chi connectivity index (χ1v) is 9.84. The van der Waals surface area contributed by atoms with Crippen molar-refractivity contribution in [3.8, 4) is 28.4 Å². The van der Waals surface area contributed by atoms with Gasteiger partial charge in [0.15, 0.2) is 0 Å². The Bertz CT molecular complexity index is 1400. The maximum absolute atomic E-state index is 13.0. The van der Waals surface area contributed by atoms with Crippen molar-refractivity contribution in [2.75, 3.05) is 7.11 Å². The Balaban J connectivity index is 1.94. The van der Waals surface area contributed by atoms with Crippen molar-refractivity contribution >= 4 is 37.7 Å². The molecule has 5 aromatic rings. The van der Waals surface area contributed by atoms with E-state index in [0.717, 1.165) is 32.1 Å². The lowest BCUT2D eigenvalue weighted by Gasteiger charge is -2.04. The molecule has 142 valence electrons. The number of furan rings is 1. The van der Waals surface area contributed by atoms with Gasteiger partial charge >= 0.3 is 5.63 Å². The maximum Gasteiger partial charge on any atom is 0.348 e. The van der Waals surface area contributed by atoms with E-state index in [2.05, 4.69) is 15.9 Å². The van der Waals surface area contributed by atoms with Gasteiger partial charge in [-0.05, 0) is 42.5 Å². The molecular weight excluding hydrogens is 432 g/mol. The molecule has 0 aliphatic carbocycles. The minimum atomic E-state index is -0.419. The Kier molecular flexibility index (Phi) is 4.25. The summed E-state index contributed by atoms with van der Waals surface area (Å²) >= 11 is 3.52. The average Bonchev–Trinajstić information content (AvgIpc) is 3.17. The van der Waals surface area contributed by atoms with Crippen molar-refractivity contribution in [1.82, 2.24) is 0 Å². The minimum absolute atomic E-state index is 0.419. The zero-order chi connectivity index (χ0) is 20.0. The fourth-order valence-corrected chi connectivity index (χ4v) is 3.92. The van der Waals surface area contributed by atoms with Gasteiger partial charge < -0.3 is 13.6 Å². The number of fused-ring (bicyclic) bond motifs is 3. The number of benzene rings is 3. The monoisotopic (exact) mass is 446 g/mol. The fraction of sp³-hybridized carbons (Fsp3) is 0.0417. The highest BCUT2D eigenvalue weighted by molar-refractivity contribution is 9.10. The van der Waals surface area contributed by atoms with Crippen LogP contribution in [0.1, 0.15) is 0 Å². The van der Waals surface area contributed by atoms with Crippen LogP contribution in [-0.2, 0) is 0 Å². The van der Waals surface area contributed by atoms with Crippen LogP contribution in [-0.4, -0.2) is 7.11 Å². The third-order valence-corrected chi connectivity index (χ3v) is 5.41. The van der Waals surface area contributed by atoms with E-state index in [1.54, 1.807) is 13.2 Å². The molecule has 0 amide bonds. The highest BCUT2D eigenvalue weighted by atomic mass is 79.9. The van der Waals surface area contributed by atoms with Crippen molar-refractivity contribution in [3.05, 3.63) is 87.7 Å². The van der Waals surface area contributed by atoms with Crippen LogP contribution in [0.4, 0.5) is 0 Å². The lowest BCUT2D eigenvalue weighted by atomic mass is 10.0. The number of halogens is 1. The second kappa shape index (κ2) is 6.94. The quantitative estimate of drug-likeness (QED) is 0.291. The minimum Gasteiger partial charge on any atom is -0.497 e. The predicted molar refractivity (Wildman–Crippen MR) is 117 cm³/mol. The van der Waals surface area contributed by atoms with Crippen LogP contribution in [0.2, 0.25) is 0 Å². The van der Waals surface area contributed by atoms with Crippen LogP contribution in [0, 0.1) is 0 Å². The Morgan fingerprint density at radius 2 is 1.48 bits per heavy atom. The van der Waals surface area contributed by atoms with Crippen LogP contribution in [0.15, 0.2) is 90.9 Å². The SMILES string of the molecule is COc1ccc(-c2oc(-c3ccccc3)c3c(=O)oc4ccc(Br)cc4c23)cc1. The van der Waals surface area contributed by atoms with E-state index in [0.29, 0.717) is 22.5 Å². The van der Waals surface area contributed by atoms with Crippen molar-refractivity contribution in [1.29, 1.82) is 0 Å². The van der Waals surface area contributed by atoms with Gasteiger partial charge in [-0.1, -0.05) is 46.3 Å². The molecule has 5 rings (SSSR count). The maximum atomic E-state index is 13.0. The highest BCUT2D eigenvalue weighted by Gasteiger charge is 2.23. The Labute approximate surface area is 174 Å². The van der Waals surface area contributed by atoms with E-state index in [1.807, 2.05) is 66.7 Å². The van der Waals surface area contributed by atoms with Crippen molar-refractivity contribution < 1.29 is 13.6 Å². The normalized spacial score (nSPS) is 11.2. The zero-order valence-electron chi connectivity index (χ0n) is 15.4. The van der Waals surface area contributed by atoms with Crippen LogP contribution in [0.25, 0.3) is 44.4 Å². The van der Waals surface area contributed by atoms with Gasteiger partial charge in [0, 0.05) is 26.4 Å². The Hall–Kier alpha value is -3.31. The number of ether oxygens (including phenoxy) is 1. The number of methoxy groups -OCH3 is 1. The summed E-state index contributed by atoms with van der Waals surface area (Å²) in [5.74, 6) is 1.87. The van der Waals surface area contributed by atoms with Crippen LogP contribution < -0.4 is 10.4 Å². The third-order valence-electron chi connectivity index (χ3n) is 4.91. The summed E-state index contributed by atoms with van der Waals surface area (Å²) in [5, 5.41) is 1.99. The molecule has 0 unspecified atom stereocenters. The molecular formula is C24H15BrO4. The zero-order valence-corrected chi connectivity index (χ0v) is 17.0. The van der Waals surface area contributed by atoms with Crippen molar-refractivity contribution in [3.63, 3.8) is 0 Å². The fourth-order valence-electron chi connectivity index (χ4n) is 3.56. The highest BCUT2D eigenvalue weighted by Crippen LogP contribution is 2.41. The molecule has 0 spiro atoms. The predicted octanol–water partition coefficient (Wildman–Crippen LogP) is 6.64. The standard InChI is InChI=1S/C24H15BrO4/c1-27-17-10-7-15(8-11-17)22-20-18-13-16(25)9-12-19(18)28-24(26)21(20)23(29-22)14-5-3-2-4-6-14/h2-13H,1H3. The Morgan fingerprint density at radius 1 is 0.793 bits per heavy atom. The number of rotatable bonds is 3. The van der Waals surface area contributed by atoms with Gasteiger partial charge in [0.1, 0.15) is 28.2 Å². The smallest absolute Gasteiger partial charge is 0.348 e. The summed E-state index contributed by atoms with van der Waals surface area (Å²) in [5.41, 5.74) is 1.77. The van der Waals surface area contributed by atoms with E-state index in [1.165, 1.54) is 0 Å². The molecule has 0 fully saturated rings. The van der Waals surface area contributed by atoms with Crippen LogP contribution in [0.5, 0.6) is 5.75 Å². The molecule has 0 atom stereocenters. The van der Waals surface area contributed by atoms with Gasteiger partial charge in [0.05, 0.1) is 7.11 Å². The number of hydrogen-bond acceptors (Lipinski definition) is 4. The second-order valence-corrected chi connectivity index (χ2v) is 7.55. The van der Waals surface area contributed by atoms with E-state index >= 15 is 0 Å². The number of hydrogen-bond donors (Lipinski definition) is 0.